The van der Waals surface area contributed by atoms with E-state index in [2.05, 4.69) is 5.10 Å². The number of anilines is 1. The molecule has 0 unspecified atom stereocenters. The molecule has 0 aliphatic rings. The van der Waals surface area contributed by atoms with Crippen LogP contribution in [0.25, 0.3) is 0 Å². The smallest absolute Gasteiger partial charge is 0.178 e. The summed E-state index contributed by atoms with van der Waals surface area (Å²) in [4.78, 5) is 0.305. The molecule has 1 heterocycles. The van der Waals surface area contributed by atoms with Gasteiger partial charge in [-0.25, -0.2) is 8.42 Å². The molecule has 96 valence electrons. The van der Waals surface area contributed by atoms with Gasteiger partial charge in [0, 0.05) is 31.0 Å². The van der Waals surface area contributed by atoms with Crippen molar-refractivity contribution in [2.24, 2.45) is 7.05 Å². The second-order valence-electron chi connectivity index (χ2n) is 4.08. The van der Waals surface area contributed by atoms with Gasteiger partial charge < -0.3 is 5.73 Å². The van der Waals surface area contributed by atoms with E-state index in [1.807, 2.05) is 6.07 Å². The number of nitrogen functional groups attached to an aromatic ring is 1. The van der Waals surface area contributed by atoms with E-state index < -0.39 is 9.84 Å². The summed E-state index contributed by atoms with van der Waals surface area (Å²) in [5.41, 5.74) is 6.99. The van der Waals surface area contributed by atoms with Crippen LogP contribution in [-0.2, 0) is 23.3 Å². The molecule has 0 amide bonds. The summed E-state index contributed by atoms with van der Waals surface area (Å²) in [6, 6.07) is 8.08. The molecule has 6 heteroatoms. The molecule has 2 N–H and O–H groups in total. The number of hydrogen-bond donors (Lipinski definition) is 1. The zero-order valence-electron chi connectivity index (χ0n) is 10.1. The molecule has 0 radical (unpaired) electrons. The molecule has 0 fully saturated rings. The molecule has 0 atom stereocenters. The zero-order chi connectivity index (χ0) is 13.2. The summed E-state index contributed by atoms with van der Waals surface area (Å²) in [6.07, 6.45) is 2.11. The summed E-state index contributed by atoms with van der Waals surface area (Å²) in [7, 11) is -1.47. The first-order valence-electron chi connectivity index (χ1n) is 5.54. The fourth-order valence-corrected chi connectivity index (χ4v) is 2.94. The number of hydrogen-bond acceptors (Lipinski definition) is 4. The highest BCUT2D eigenvalue weighted by molar-refractivity contribution is 7.91. The van der Waals surface area contributed by atoms with Crippen LogP contribution in [0.4, 0.5) is 5.69 Å². The maximum Gasteiger partial charge on any atom is 0.178 e. The lowest BCUT2D eigenvalue weighted by Crippen LogP contribution is -2.11. The molecule has 0 aliphatic carbocycles. The summed E-state index contributed by atoms with van der Waals surface area (Å²) in [5, 5.41) is 4.01. The Morgan fingerprint density at radius 1 is 1.22 bits per heavy atom. The minimum absolute atomic E-state index is 0.0659. The van der Waals surface area contributed by atoms with Crippen LogP contribution in [0, 0.1) is 0 Å². The molecule has 5 nitrogen and oxygen atoms in total. The van der Waals surface area contributed by atoms with Crippen LogP contribution >= 0.6 is 0 Å². The minimum Gasteiger partial charge on any atom is -0.399 e. The van der Waals surface area contributed by atoms with Crippen molar-refractivity contribution in [1.82, 2.24) is 9.78 Å². The van der Waals surface area contributed by atoms with Gasteiger partial charge in [-0.15, -0.1) is 0 Å². The van der Waals surface area contributed by atoms with Crippen LogP contribution in [0.1, 0.15) is 5.69 Å². The van der Waals surface area contributed by atoms with E-state index in [1.54, 1.807) is 30.1 Å². The van der Waals surface area contributed by atoms with E-state index in [1.165, 1.54) is 12.1 Å². The molecular weight excluding hydrogens is 250 g/mol. The fraction of sp³-hybridized carbons (Fsp3) is 0.250. The first-order valence-corrected chi connectivity index (χ1v) is 7.19. The molecule has 0 spiro atoms. The predicted molar refractivity (Wildman–Crippen MR) is 69.8 cm³/mol. The molecule has 2 aromatic rings. The third-order valence-corrected chi connectivity index (χ3v) is 4.52. The quantitative estimate of drug-likeness (QED) is 0.837. The first-order chi connectivity index (χ1) is 8.49. The Labute approximate surface area is 106 Å². The molecule has 1 aromatic carbocycles. The molecule has 0 aliphatic heterocycles. The van der Waals surface area contributed by atoms with Crippen molar-refractivity contribution in [3.63, 3.8) is 0 Å². The minimum atomic E-state index is -3.27. The number of benzene rings is 1. The van der Waals surface area contributed by atoms with E-state index >= 15 is 0 Å². The maximum atomic E-state index is 12.1. The maximum absolute atomic E-state index is 12.1. The van der Waals surface area contributed by atoms with Crippen LogP contribution < -0.4 is 5.73 Å². The highest BCUT2D eigenvalue weighted by Gasteiger charge is 2.15. The summed E-state index contributed by atoms with van der Waals surface area (Å²) >= 11 is 0. The number of nitrogens with zero attached hydrogens (tertiary/aromatic N) is 2. The summed E-state index contributed by atoms with van der Waals surface area (Å²) in [5.74, 6) is 0.0659. The van der Waals surface area contributed by atoms with E-state index in [-0.39, 0.29) is 5.75 Å². The molecule has 18 heavy (non-hydrogen) atoms. The Morgan fingerprint density at radius 3 is 2.44 bits per heavy atom. The first kappa shape index (κ1) is 12.6. The third-order valence-electron chi connectivity index (χ3n) is 2.79. The third kappa shape index (κ3) is 2.70. The average Bonchev–Trinajstić information content (AvgIpc) is 2.73. The van der Waals surface area contributed by atoms with Gasteiger partial charge in [0.2, 0.25) is 0 Å². The molecule has 2 rings (SSSR count). The van der Waals surface area contributed by atoms with Crippen LogP contribution in [0.3, 0.4) is 0 Å². The standard InChI is InChI=1S/C12H15N3O2S/c1-15-11(6-8-14-15)7-9-18(16,17)12-4-2-10(13)3-5-12/h2-6,8H,7,9,13H2,1H3. The number of nitrogens with two attached hydrogens (primary N) is 1. The van der Waals surface area contributed by atoms with Gasteiger partial charge in [-0.2, -0.15) is 5.10 Å². The molecule has 1 aromatic heterocycles. The van der Waals surface area contributed by atoms with Gasteiger partial charge >= 0.3 is 0 Å². The molecule has 0 saturated heterocycles. The lowest BCUT2D eigenvalue weighted by atomic mass is 10.3. The van der Waals surface area contributed by atoms with Crippen LogP contribution in [-0.4, -0.2) is 24.0 Å². The van der Waals surface area contributed by atoms with Gasteiger partial charge in [-0.05, 0) is 30.3 Å². The van der Waals surface area contributed by atoms with Gasteiger partial charge in [0.05, 0.1) is 10.6 Å². The highest BCUT2D eigenvalue weighted by atomic mass is 32.2. The zero-order valence-corrected chi connectivity index (χ0v) is 10.9. The van der Waals surface area contributed by atoms with Crippen LogP contribution in [0.5, 0.6) is 0 Å². The topological polar surface area (TPSA) is 78.0 Å². The predicted octanol–water partition coefficient (Wildman–Crippen LogP) is 1.02. The van der Waals surface area contributed by atoms with E-state index in [4.69, 9.17) is 5.73 Å². The Hall–Kier alpha value is -1.82. The van der Waals surface area contributed by atoms with Crippen molar-refractivity contribution in [2.45, 2.75) is 11.3 Å². The number of aryl methyl sites for hydroxylation is 2. The average molecular weight is 265 g/mol. The summed E-state index contributed by atoms with van der Waals surface area (Å²) < 4.78 is 25.8. The number of sulfone groups is 1. The summed E-state index contributed by atoms with van der Waals surface area (Å²) in [6.45, 7) is 0. The fourth-order valence-electron chi connectivity index (χ4n) is 1.68. The molecule has 0 bridgehead atoms. The second-order valence-corrected chi connectivity index (χ2v) is 6.19. The monoisotopic (exact) mass is 265 g/mol. The SMILES string of the molecule is Cn1nccc1CCS(=O)(=O)c1ccc(N)cc1. The van der Waals surface area contributed by atoms with E-state index in [0.717, 1.165) is 5.69 Å². The number of rotatable bonds is 4. The van der Waals surface area contributed by atoms with Gasteiger partial charge in [0.25, 0.3) is 0 Å². The highest BCUT2D eigenvalue weighted by Crippen LogP contribution is 2.14. The number of aromatic nitrogens is 2. The van der Waals surface area contributed by atoms with Crippen molar-refractivity contribution < 1.29 is 8.42 Å². The van der Waals surface area contributed by atoms with Crippen LogP contribution in [0.2, 0.25) is 0 Å². The largest absolute Gasteiger partial charge is 0.399 e. The Bertz CT molecular complexity index is 630. The lowest BCUT2D eigenvalue weighted by Gasteiger charge is -2.05. The Kier molecular flexibility index (Phi) is 3.38. The Balaban J connectivity index is 2.13. The van der Waals surface area contributed by atoms with Gasteiger partial charge in [-0.1, -0.05) is 0 Å². The van der Waals surface area contributed by atoms with Crippen molar-refractivity contribution in [1.29, 1.82) is 0 Å². The van der Waals surface area contributed by atoms with Gasteiger partial charge in [0.1, 0.15) is 0 Å². The van der Waals surface area contributed by atoms with Crippen molar-refractivity contribution >= 4 is 15.5 Å². The van der Waals surface area contributed by atoms with Crippen molar-refractivity contribution in [3.8, 4) is 0 Å². The van der Waals surface area contributed by atoms with Crippen LogP contribution in [0.15, 0.2) is 41.4 Å². The van der Waals surface area contributed by atoms with E-state index in [9.17, 15) is 8.42 Å². The van der Waals surface area contributed by atoms with Crippen molar-refractivity contribution in [2.75, 3.05) is 11.5 Å². The normalized spacial score (nSPS) is 11.6. The molecule has 0 saturated carbocycles. The van der Waals surface area contributed by atoms with E-state index in [0.29, 0.717) is 17.0 Å². The molecular formula is C12H15N3O2S. The Morgan fingerprint density at radius 2 is 1.89 bits per heavy atom. The van der Waals surface area contributed by atoms with Crippen molar-refractivity contribution in [3.05, 3.63) is 42.2 Å². The van der Waals surface area contributed by atoms with Gasteiger partial charge in [-0.3, -0.25) is 4.68 Å². The second kappa shape index (κ2) is 4.81. The van der Waals surface area contributed by atoms with Gasteiger partial charge in [0.15, 0.2) is 9.84 Å². The lowest BCUT2D eigenvalue weighted by molar-refractivity contribution is 0.593.